The minimum atomic E-state index is -3.97. The van der Waals surface area contributed by atoms with Crippen molar-refractivity contribution in [3.05, 3.63) is 63.7 Å². The summed E-state index contributed by atoms with van der Waals surface area (Å²) in [4.78, 5) is 17.0. The van der Waals surface area contributed by atoms with Gasteiger partial charge < -0.3 is 4.90 Å². The molecule has 6 nitrogen and oxygen atoms in total. The standard InChI is InChI=1S/C21H24ClN3O3S/c1-14-2-4-15(5-3-14)12-24-8-6-17(7-9-24)25-13-16-10-19(22)20(29(23,27)28)11-18(16)21(25)26/h2-5,10-11,17H,6-9,12-13H2,1H3,(H2,23,27,28). The van der Waals surface area contributed by atoms with Crippen LogP contribution in [0, 0.1) is 6.92 Å². The van der Waals surface area contributed by atoms with Gasteiger partial charge in [-0.1, -0.05) is 41.4 Å². The first-order chi connectivity index (χ1) is 13.7. The predicted molar refractivity (Wildman–Crippen MR) is 112 cm³/mol. The van der Waals surface area contributed by atoms with Gasteiger partial charge in [0.05, 0.1) is 5.02 Å². The van der Waals surface area contributed by atoms with Crippen LogP contribution in [0.4, 0.5) is 0 Å². The topological polar surface area (TPSA) is 83.7 Å². The number of amides is 1. The van der Waals surface area contributed by atoms with Gasteiger partial charge in [0.2, 0.25) is 10.0 Å². The Morgan fingerprint density at radius 1 is 1.14 bits per heavy atom. The number of fused-ring (bicyclic) bond motifs is 1. The molecule has 0 atom stereocenters. The number of halogens is 1. The quantitative estimate of drug-likeness (QED) is 0.803. The number of aryl methyl sites for hydroxylation is 1. The van der Waals surface area contributed by atoms with Gasteiger partial charge in [-0.2, -0.15) is 0 Å². The van der Waals surface area contributed by atoms with Gasteiger partial charge in [0.25, 0.3) is 5.91 Å². The lowest BCUT2D eigenvalue weighted by Crippen LogP contribution is -2.44. The minimum Gasteiger partial charge on any atom is -0.331 e. The largest absolute Gasteiger partial charge is 0.331 e. The van der Waals surface area contributed by atoms with Crippen LogP contribution in [0.15, 0.2) is 41.3 Å². The molecular formula is C21H24ClN3O3S. The lowest BCUT2D eigenvalue weighted by molar-refractivity contribution is 0.0590. The van der Waals surface area contributed by atoms with E-state index in [9.17, 15) is 13.2 Å². The van der Waals surface area contributed by atoms with Crippen molar-refractivity contribution < 1.29 is 13.2 Å². The first-order valence-electron chi connectivity index (χ1n) is 9.66. The van der Waals surface area contributed by atoms with Crippen LogP contribution in [0.2, 0.25) is 5.02 Å². The zero-order valence-electron chi connectivity index (χ0n) is 16.3. The van der Waals surface area contributed by atoms with Crippen molar-refractivity contribution >= 4 is 27.5 Å². The number of primary sulfonamides is 1. The maximum absolute atomic E-state index is 12.9. The summed E-state index contributed by atoms with van der Waals surface area (Å²) in [5.74, 6) is -0.140. The molecule has 2 aromatic carbocycles. The van der Waals surface area contributed by atoms with Crippen LogP contribution in [0.25, 0.3) is 0 Å². The molecule has 0 aliphatic carbocycles. The molecule has 4 rings (SSSR count). The van der Waals surface area contributed by atoms with Crippen molar-refractivity contribution in [3.63, 3.8) is 0 Å². The van der Waals surface area contributed by atoms with Crippen LogP contribution in [-0.2, 0) is 23.1 Å². The molecule has 154 valence electrons. The van der Waals surface area contributed by atoms with Gasteiger partial charge in [-0.15, -0.1) is 0 Å². The molecule has 0 aromatic heterocycles. The highest BCUT2D eigenvalue weighted by Gasteiger charge is 2.35. The molecule has 0 radical (unpaired) electrons. The van der Waals surface area contributed by atoms with Crippen LogP contribution in [0.5, 0.6) is 0 Å². The van der Waals surface area contributed by atoms with E-state index in [0.717, 1.165) is 38.0 Å². The summed E-state index contributed by atoms with van der Waals surface area (Å²) < 4.78 is 23.4. The maximum atomic E-state index is 12.9. The molecule has 0 saturated carbocycles. The Kier molecular flexibility index (Phi) is 5.42. The number of likely N-dealkylation sites (tertiary alicyclic amines) is 1. The van der Waals surface area contributed by atoms with Crippen LogP contribution in [0.1, 0.15) is 39.9 Å². The fourth-order valence-electron chi connectivity index (χ4n) is 4.19. The van der Waals surface area contributed by atoms with E-state index in [1.54, 1.807) is 6.07 Å². The number of sulfonamides is 1. The summed E-state index contributed by atoms with van der Waals surface area (Å²) in [5, 5.41) is 5.28. The molecule has 2 aromatic rings. The van der Waals surface area contributed by atoms with E-state index < -0.39 is 10.0 Å². The molecule has 2 N–H and O–H groups in total. The Balaban J connectivity index is 1.43. The predicted octanol–water partition coefficient (Wildman–Crippen LogP) is 2.92. The minimum absolute atomic E-state index is 0.0637. The summed E-state index contributed by atoms with van der Waals surface area (Å²) in [7, 11) is -3.97. The van der Waals surface area contributed by atoms with Crippen LogP contribution in [-0.4, -0.2) is 43.3 Å². The first-order valence-corrected chi connectivity index (χ1v) is 11.6. The molecule has 1 fully saturated rings. The Morgan fingerprint density at radius 2 is 1.79 bits per heavy atom. The Labute approximate surface area is 176 Å². The van der Waals surface area contributed by atoms with Gasteiger partial charge in [0.15, 0.2) is 0 Å². The summed E-state index contributed by atoms with van der Waals surface area (Å²) in [5.41, 5.74) is 3.70. The van der Waals surface area contributed by atoms with E-state index >= 15 is 0 Å². The lowest BCUT2D eigenvalue weighted by atomic mass is 10.0. The number of hydrogen-bond acceptors (Lipinski definition) is 4. The summed E-state index contributed by atoms with van der Waals surface area (Å²) in [6.45, 7) is 5.29. The molecule has 2 heterocycles. The molecule has 2 aliphatic heterocycles. The van der Waals surface area contributed by atoms with Crippen molar-refractivity contribution in [2.24, 2.45) is 5.14 Å². The second-order valence-electron chi connectivity index (χ2n) is 7.91. The third-order valence-electron chi connectivity index (χ3n) is 5.82. The molecule has 29 heavy (non-hydrogen) atoms. The summed E-state index contributed by atoms with van der Waals surface area (Å²) in [6, 6.07) is 11.6. The number of carbonyl (C=O) groups is 1. The molecule has 1 amide bonds. The first kappa shape index (κ1) is 20.3. The van der Waals surface area contributed by atoms with E-state index in [1.807, 2.05) is 4.90 Å². The molecule has 2 aliphatic rings. The number of rotatable bonds is 4. The van der Waals surface area contributed by atoms with E-state index in [1.165, 1.54) is 17.2 Å². The molecule has 1 saturated heterocycles. The highest BCUT2D eigenvalue weighted by molar-refractivity contribution is 7.89. The zero-order chi connectivity index (χ0) is 20.8. The molecule has 0 unspecified atom stereocenters. The molecular weight excluding hydrogens is 410 g/mol. The zero-order valence-corrected chi connectivity index (χ0v) is 17.8. The van der Waals surface area contributed by atoms with E-state index in [-0.39, 0.29) is 21.9 Å². The summed E-state index contributed by atoms with van der Waals surface area (Å²) >= 11 is 6.08. The van der Waals surface area contributed by atoms with Crippen molar-refractivity contribution in [2.45, 2.75) is 43.8 Å². The molecule has 0 bridgehead atoms. The van der Waals surface area contributed by atoms with Crippen molar-refractivity contribution in [3.8, 4) is 0 Å². The van der Waals surface area contributed by atoms with Crippen molar-refractivity contribution in [2.75, 3.05) is 13.1 Å². The van der Waals surface area contributed by atoms with E-state index in [0.29, 0.717) is 12.1 Å². The van der Waals surface area contributed by atoms with Crippen LogP contribution < -0.4 is 5.14 Å². The summed E-state index contributed by atoms with van der Waals surface area (Å²) in [6.07, 6.45) is 1.78. The lowest BCUT2D eigenvalue weighted by Gasteiger charge is -2.36. The normalized spacial score (nSPS) is 18.3. The average molecular weight is 434 g/mol. The SMILES string of the molecule is Cc1ccc(CN2CCC(N3Cc4cc(Cl)c(S(N)(=O)=O)cc4C3=O)CC2)cc1. The van der Waals surface area contributed by atoms with Gasteiger partial charge in [-0.05, 0) is 43.0 Å². The van der Waals surface area contributed by atoms with Gasteiger partial charge in [0, 0.05) is 37.8 Å². The van der Waals surface area contributed by atoms with E-state index in [2.05, 4.69) is 36.1 Å². The van der Waals surface area contributed by atoms with Gasteiger partial charge in [-0.3, -0.25) is 9.69 Å². The van der Waals surface area contributed by atoms with Crippen LogP contribution >= 0.6 is 11.6 Å². The number of nitrogens with zero attached hydrogens (tertiary/aromatic N) is 2. The average Bonchev–Trinajstić information content (AvgIpc) is 2.98. The van der Waals surface area contributed by atoms with Gasteiger partial charge in [0.1, 0.15) is 4.90 Å². The second-order valence-corrected chi connectivity index (χ2v) is 9.85. The number of piperidine rings is 1. The highest BCUT2D eigenvalue weighted by atomic mass is 35.5. The third-order valence-corrected chi connectivity index (χ3v) is 7.20. The second kappa shape index (κ2) is 7.72. The van der Waals surface area contributed by atoms with Crippen molar-refractivity contribution in [1.29, 1.82) is 0 Å². The Bertz CT molecular complexity index is 1050. The van der Waals surface area contributed by atoms with Gasteiger partial charge >= 0.3 is 0 Å². The van der Waals surface area contributed by atoms with E-state index in [4.69, 9.17) is 16.7 Å². The van der Waals surface area contributed by atoms with Gasteiger partial charge in [-0.25, -0.2) is 13.6 Å². The third kappa shape index (κ3) is 4.19. The van der Waals surface area contributed by atoms with Crippen LogP contribution in [0.3, 0.4) is 0 Å². The number of nitrogens with two attached hydrogens (primary N) is 1. The van der Waals surface area contributed by atoms with Crippen molar-refractivity contribution in [1.82, 2.24) is 9.80 Å². The maximum Gasteiger partial charge on any atom is 0.254 e. The monoisotopic (exact) mass is 433 g/mol. The number of hydrogen-bond donors (Lipinski definition) is 1. The number of carbonyl (C=O) groups excluding carboxylic acids is 1. The number of benzene rings is 2. The Hall–Kier alpha value is -1.93. The highest BCUT2D eigenvalue weighted by Crippen LogP contribution is 2.33. The smallest absolute Gasteiger partial charge is 0.254 e. The molecule has 0 spiro atoms. The molecule has 8 heteroatoms. The fourth-order valence-corrected chi connectivity index (χ4v) is 5.31. The fraction of sp³-hybridized carbons (Fsp3) is 0.381. The Morgan fingerprint density at radius 3 is 2.41 bits per heavy atom.